The molecule has 0 unspecified atom stereocenters. The van der Waals surface area contributed by atoms with Gasteiger partial charge in [0, 0.05) is 11.6 Å². The predicted octanol–water partition coefficient (Wildman–Crippen LogP) is 3.43. The van der Waals surface area contributed by atoms with E-state index in [2.05, 4.69) is 0 Å². The highest BCUT2D eigenvalue weighted by Gasteiger charge is 2.23. The van der Waals surface area contributed by atoms with E-state index in [0.29, 0.717) is 17.9 Å². The number of nitrogens with zero attached hydrogens (tertiary/aromatic N) is 1. The van der Waals surface area contributed by atoms with Gasteiger partial charge in [0.25, 0.3) is 0 Å². The van der Waals surface area contributed by atoms with Crippen molar-refractivity contribution < 1.29 is 28.7 Å². The molecule has 2 rings (SSSR count). The van der Waals surface area contributed by atoms with Gasteiger partial charge in [-0.25, -0.2) is 4.79 Å². The first-order valence-electron chi connectivity index (χ1n) is 8.17. The maximum atomic E-state index is 12.4. The van der Waals surface area contributed by atoms with E-state index < -0.39 is 22.8 Å². The zero-order valence-electron chi connectivity index (χ0n) is 15.1. The first-order chi connectivity index (χ1) is 12.9. The maximum absolute atomic E-state index is 12.4. The minimum Gasteiger partial charge on any atom is -0.494 e. The fourth-order valence-corrected chi connectivity index (χ4v) is 2.36. The molecule has 0 aliphatic rings. The average molecular weight is 373 g/mol. The Balaban J connectivity index is 2.11. The van der Waals surface area contributed by atoms with Crippen molar-refractivity contribution in [1.82, 2.24) is 0 Å². The summed E-state index contributed by atoms with van der Waals surface area (Å²) in [5, 5.41) is 11.1. The second-order valence-corrected chi connectivity index (χ2v) is 5.51. The Hall–Kier alpha value is -3.42. The highest BCUT2D eigenvalue weighted by Crippen LogP contribution is 2.28. The van der Waals surface area contributed by atoms with Gasteiger partial charge in [0.2, 0.25) is 5.78 Å². The molecule has 0 bridgehead atoms. The van der Waals surface area contributed by atoms with Crippen molar-refractivity contribution in [1.29, 1.82) is 0 Å². The summed E-state index contributed by atoms with van der Waals surface area (Å²) in [5.41, 5.74) is -0.0502. The number of nitro groups is 1. The molecule has 27 heavy (non-hydrogen) atoms. The summed E-state index contributed by atoms with van der Waals surface area (Å²) in [6, 6.07) is 10.1. The van der Waals surface area contributed by atoms with Crippen molar-refractivity contribution in [2.45, 2.75) is 20.0 Å². The lowest BCUT2D eigenvalue weighted by molar-refractivity contribution is -0.385. The second kappa shape index (κ2) is 8.79. The molecule has 0 spiro atoms. The van der Waals surface area contributed by atoms with Gasteiger partial charge in [-0.05, 0) is 50.2 Å². The van der Waals surface area contributed by atoms with Crippen LogP contribution in [0.15, 0.2) is 42.5 Å². The third-order valence-electron chi connectivity index (χ3n) is 3.71. The zero-order chi connectivity index (χ0) is 20.0. The van der Waals surface area contributed by atoms with E-state index >= 15 is 0 Å². The van der Waals surface area contributed by atoms with Crippen LogP contribution in [0.1, 0.15) is 34.6 Å². The molecule has 0 saturated heterocycles. The first kappa shape index (κ1) is 19.9. The molecular weight excluding hydrogens is 354 g/mol. The van der Waals surface area contributed by atoms with Crippen LogP contribution in [0.4, 0.5) is 5.69 Å². The summed E-state index contributed by atoms with van der Waals surface area (Å²) < 4.78 is 15.4. The SMILES string of the molecule is CCOc1ccc(C(=O)[C@H](C)OC(=O)c2ccc(OC)c([N+](=O)[O-])c2)cc1. The molecule has 0 amide bonds. The molecule has 0 aliphatic carbocycles. The summed E-state index contributed by atoms with van der Waals surface area (Å²) in [4.78, 5) is 35.0. The Morgan fingerprint density at radius 1 is 1.11 bits per heavy atom. The molecule has 0 aromatic heterocycles. The van der Waals surface area contributed by atoms with E-state index in [1.165, 1.54) is 26.2 Å². The number of nitro benzene ring substituents is 1. The highest BCUT2D eigenvalue weighted by atomic mass is 16.6. The van der Waals surface area contributed by atoms with Gasteiger partial charge >= 0.3 is 11.7 Å². The molecule has 8 nitrogen and oxygen atoms in total. The lowest BCUT2D eigenvalue weighted by Gasteiger charge is -2.13. The number of rotatable bonds is 8. The molecular formula is C19H19NO7. The molecule has 0 radical (unpaired) electrons. The standard InChI is InChI=1S/C19H19NO7/c1-4-26-15-8-5-13(6-9-15)18(21)12(2)27-19(22)14-7-10-17(25-3)16(11-14)20(23)24/h5-12H,4H2,1-3H3/t12-/m0/s1. The third-order valence-corrected chi connectivity index (χ3v) is 3.71. The van der Waals surface area contributed by atoms with Crippen molar-refractivity contribution in [3.63, 3.8) is 0 Å². The van der Waals surface area contributed by atoms with Gasteiger partial charge in [0.1, 0.15) is 5.75 Å². The van der Waals surface area contributed by atoms with Crippen LogP contribution in [-0.4, -0.2) is 36.5 Å². The van der Waals surface area contributed by atoms with Crippen LogP contribution >= 0.6 is 0 Å². The minimum atomic E-state index is -1.06. The molecule has 142 valence electrons. The molecule has 1 atom stereocenters. The van der Waals surface area contributed by atoms with Crippen LogP contribution in [0, 0.1) is 10.1 Å². The van der Waals surface area contributed by atoms with Gasteiger partial charge in [0.15, 0.2) is 11.9 Å². The molecule has 2 aromatic carbocycles. The van der Waals surface area contributed by atoms with Gasteiger partial charge < -0.3 is 14.2 Å². The quantitative estimate of drug-likeness (QED) is 0.302. The van der Waals surface area contributed by atoms with E-state index in [1.807, 2.05) is 6.92 Å². The topological polar surface area (TPSA) is 105 Å². The van der Waals surface area contributed by atoms with Crippen molar-refractivity contribution >= 4 is 17.4 Å². The van der Waals surface area contributed by atoms with Gasteiger partial charge in [-0.2, -0.15) is 0 Å². The Morgan fingerprint density at radius 2 is 1.74 bits per heavy atom. The smallest absolute Gasteiger partial charge is 0.339 e. The van der Waals surface area contributed by atoms with Crippen LogP contribution in [0.3, 0.4) is 0 Å². The number of esters is 1. The monoisotopic (exact) mass is 373 g/mol. The summed E-state index contributed by atoms with van der Waals surface area (Å²) >= 11 is 0. The van der Waals surface area contributed by atoms with Gasteiger partial charge in [-0.15, -0.1) is 0 Å². The fourth-order valence-electron chi connectivity index (χ4n) is 2.36. The molecule has 8 heteroatoms. The maximum Gasteiger partial charge on any atom is 0.339 e. The number of ketones is 1. The first-order valence-corrected chi connectivity index (χ1v) is 8.17. The highest BCUT2D eigenvalue weighted by molar-refractivity contribution is 6.01. The minimum absolute atomic E-state index is 0.0232. The van der Waals surface area contributed by atoms with Crippen molar-refractivity contribution in [2.24, 2.45) is 0 Å². The van der Waals surface area contributed by atoms with E-state index in [4.69, 9.17) is 14.2 Å². The lowest BCUT2D eigenvalue weighted by Crippen LogP contribution is -2.24. The number of hydrogen-bond donors (Lipinski definition) is 0. The van der Waals surface area contributed by atoms with Crippen LogP contribution in [0.2, 0.25) is 0 Å². The number of carbonyl (C=O) groups excluding carboxylic acids is 2. The molecule has 0 saturated carbocycles. The largest absolute Gasteiger partial charge is 0.494 e. The van der Waals surface area contributed by atoms with Crippen molar-refractivity contribution in [3.8, 4) is 11.5 Å². The van der Waals surface area contributed by atoms with E-state index in [9.17, 15) is 19.7 Å². The van der Waals surface area contributed by atoms with Crippen molar-refractivity contribution in [2.75, 3.05) is 13.7 Å². The van der Waals surface area contributed by atoms with E-state index in [0.717, 1.165) is 6.07 Å². The molecule has 2 aromatic rings. The van der Waals surface area contributed by atoms with E-state index in [1.54, 1.807) is 24.3 Å². The summed E-state index contributed by atoms with van der Waals surface area (Å²) in [5.74, 6) is -0.582. The number of benzene rings is 2. The molecule has 0 heterocycles. The van der Waals surface area contributed by atoms with Gasteiger partial charge in [-0.1, -0.05) is 0 Å². The average Bonchev–Trinajstić information content (AvgIpc) is 2.67. The zero-order valence-corrected chi connectivity index (χ0v) is 15.1. The Labute approximate surface area is 155 Å². The number of Topliss-reactive ketones (excluding diaryl/α,β-unsaturated/α-hetero) is 1. The van der Waals surface area contributed by atoms with Crippen LogP contribution in [0.5, 0.6) is 11.5 Å². The number of methoxy groups -OCH3 is 1. The molecule has 0 aliphatic heterocycles. The number of ether oxygens (including phenoxy) is 3. The van der Waals surface area contributed by atoms with Gasteiger partial charge in [-0.3, -0.25) is 14.9 Å². The summed E-state index contributed by atoms with van der Waals surface area (Å²) in [6.07, 6.45) is -1.06. The van der Waals surface area contributed by atoms with Crippen LogP contribution in [-0.2, 0) is 4.74 Å². The van der Waals surface area contributed by atoms with Crippen LogP contribution < -0.4 is 9.47 Å². The summed E-state index contributed by atoms with van der Waals surface area (Å²) in [6.45, 7) is 3.80. The third kappa shape index (κ3) is 4.81. The molecule has 0 N–H and O–H groups in total. The van der Waals surface area contributed by atoms with Crippen molar-refractivity contribution in [3.05, 3.63) is 63.7 Å². The number of hydrogen-bond acceptors (Lipinski definition) is 7. The Bertz CT molecular complexity index is 846. The summed E-state index contributed by atoms with van der Waals surface area (Å²) in [7, 11) is 1.29. The molecule has 0 fully saturated rings. The normalized spacial score (nSPS) is 11.4. The Morgan fingerprint density at radius 3 is 2.30 bits per heavy atom. The Kier molecular flexibility index (Phi) is 6.48. The van der Waals surface area contributed by atoms with Crippen LogP contribution in [0.25, 0.3) is 0 Å². The predicted molar refractivity (Wildman–Crippen MR) is 96.5 cm³/mol. The second-order valence-electron chi connectivity index (χ2n) is 5.51. The van der Waals surface area contributed by atoms with E-state index in [-0.39, 0.29) is 17.0 Å². The van der Waals surface area contributed by atoms with Gasteiger partial charge in [0.05, 0.1) is 24.2 Å². The number of carbonyl (C=O) groups is 2. The fraction of sp³-hybridized carbons (Fsp3) is 0.263. The lowest BCUT2D eigenvalue weighted by atomic mass is 10.1.